The summed E-state index contributed by atoms with van der Waals surface area (Å²) < 4.78 is 1.77. The summed E-state index contributed by atoms with van der Waals surface area (Å²) >= 11 is 1.71. The summed E-state index contributed by atoms with van der Waals surface area (Å²) in [6.07, 6.45) is 4.89. The van der Waals surface area contributed by atoms with Gasteiger partial charge in [0, 0.05) is 44.3 Å². The molecule has 31 heavy (non-hydrogen) atoms. The molecule has 0 aliphatic carbocycles. The third kappa shape index (κ3) is 4.88. The Kier molecular flexibility index (Phi) is 6.51. The largest absolute Gasteiger partial charge is 0.341 e. The first kappa shape index (κ1) is 21.3. The molecule has 1 atom stereocenters. The zero-order chi connectivity index (χ0) is 21.8. The number of benzene rings is 1. The second-order valence-electron chi connectivity index (χ2n) is 8.08. The van der Waals surface area contributed by atoms with Crippen LogP contribution in [0.5, 0.6) is 0 Å². The molecule has 0 saturated carbocycles. The smallest absolute Gasteiger partial charge is 0.274 e. The van der Waals surface area contributed by atoms with Crippen LogP contribution in [0.25, 0.3) is 10.4 Å². The quantitative estimate of drug-likeness (QED) is 0.592. The van der Waals surface area contributed by atoms with Gasteiger partial charge in [0.1, 0.15) is 5.69 Å². The lowest BCUT2D eigenvalue weighted by Crippen LogP contribution is -2.38. The van der Waals surface area contributed by atoms with E-state index in [0.29, 0.717) is 31.7 Å². The van der Waals surface area contributed by atoms with E-state index >= 15 is 0 Å². The van der Waals surface area contributed by atoms with Crippen LogP contribution in [0.15, 0.2) is 54.3 Å². The normalized spacial score (nSPS) is 17.1. The minimum absolute atomic E-state index is 0.107. The molecule has 6 nitrogen and oxygen atoms in total. The van der Waals surface area contributed by atoms with Crippen LogP contribution >= 0.6 is 11.3 Å². The van der Waals surface area contributed by atoms with Crippen LogP contribution in [0, 0.1) is 5.92 Å². The highest BCUT2D eigenvalue weighted by molar-refractivity contribution is 7.13. The third-order valence-electron chi connectivity index (χ3n) is 5.66. The number of nitrogens with zero attached hydrogens (tertiary/aromatic N) is 4. The second kappa shape index (κ2) is 9.47. The van der Waals surface area contributed by atoms with Crippen LogP contribution in [0.1, 0.15) is 29.4 Å². The van der Waals surface area contributed by atoms with E-state index in [1.54, 1.807) is 33.3 Å². The van der Waals surface area contributed by atoms with Gasteiger partial charge >= 0.3 is 0 Å². The summed E-state index contributed by atoms with van der Waals surface area (Å²) in [5.74, 6) is -0.232. The number of rotatable bonds is 6. The molecule has 4 rings (SSSR count). The molecule has 0 N–H and O–H groups in total. The fourth-order valence-electron chi connectivity index (χ4n) is 4.14. The first-order valence-corrected chi connectivity index (χ1v) is 11.6. The predicted octanol–water partition coefficient (Wildman–Crippen LogP) is 3.70. The molecular weight excluding hydrogens is 408 g/mol. The Morgan fingerprint density at radius 2 is 2.10 bits per heavy atom. The molecule has 2 amide bonds. The molecule has 7 heteroatoms. The van der Waals surface area contributed by atoms with Crippen molar-refractivity contribution in [2.75, 3.05) is 26.2 Å². The maximum atomic E-state index is 13.3. The van der Waals surface area contributed by atoms with Crippen LogP contribution in [0.4, 0.5) is 0 Å². The number of aryl methyl sites for hydroxylation is 1. The molecular formula is C24H28N4O2S. The average molecular weight is 437 g/mol. The fourth-order valence-corrected chi connectivity index (χ4v) is 4.86. The molecule has 1 aromatic carbocycles. The van der Waals surface area contributed by atoms with E-state index in [1.165, 1.54) is 10.4 Å². The highest BCUT2D eigenvalue weighted by atomic mass is 32.1. The van der Waals surface area contributed by atoms with E-state index in [4.69, 9.17) is 0 Å². The Morgan fingerprint density at radius 1 is 1.23 bits per heavy atom. The van der Waals surface area contributed by atoms with Crippen molar-refractivity contribution in [2.24, 2.45) is 13.0 Å². The molecule has 0 radical (unpaired) electrons. The van der Waals surface area contributed by atoms with Gasteiger partial charge in [-0.2, -0.15) is 0 Å². The van der Waals surface area contributed by atoms with Crippen molar-refractivity contribution < 1.29 is 9.59 Å². The molecule has 3 aromatic rings. The minimum atomic E-state index is -0.264. The number of carbonyl (C=O) groups is 2. The molecule has 1 aliphatic rings. The van der Waals surface area contributed by atoms with Crippen molar-refractivity contribution in [1.29, 1.82) is 0 Å². The number of hydrogen-bond donors (Lipinski definition) is 0. The monoisotopic (exact) mass is 436 g/mol. The molecule has 0 bridgehead atoms. The van der Waals surface area contributed by atoms with Crippen LogP contribution < -0.4 is 0 Å². The molecule has 2 aromatic heterocycles. The van der Waals surface area contributed by atoms with Crippen LogP contribution in [0.2, 0.25) is 0 Å². The number of carbonyl (C=O) groups excluding carboxylic acids is 2. The van der Waals surface area contributed by atoms with E-state index in [-0.39, 0.29) is 17.7 Å². The van der Waals surface area contributed by atoms with E-state index in [1.807, 2.05) is 24.1 Å². The van der Waals surface area contributed by atoms with Crippen LogP contribution in [-0.2, 0) is 18.3 Å². The summed E-state index contributed by atoms with van der Waals surface area (Å²) in [6, 6.07) is 12.5. The van der Waals surface area contributed by atoms with Gasteiger partial charge in [0.15, 0.2) is 0 Å². The van der Waals surface area contributed by atoms with Gasteiger partial charge < -0.3 is 14.4 Å². The van der Waals surface area contributed by atoms with Gasteiger partial charge in [-0.1, -0.05) is 37.3 Å². The van der Waals surface area contributed by atoms with E-state index in [9.17, 15) is 9.59 Å². The minimum Gasteiger partial charge on any atom is -0.341 e. The standard InChI is InChI=1S/C24H28N4O2S/c1-3-9-27-10-11-28(24(30)21-16-26(2)17-25-21)15-20(23(27)29)14-18-6-4-7-19(13-18)22-8-5-12-31-22/h4-8,12-13,16-17,20H,3,9-11,14-15H2,1-2H3. The Hall–Kier alpha value is -2.93. The highest BCUT2D eigenvalue weighted by Crippen LogP contribution is 2.27. The van der Waals surface area contributed by atoms with Crippen molar-refractivity contribution in [3.05, 3.63) is 65.6 Å². The van der Waals surface area contributed by atoms with E-state index < -0.39 is 0 Å². The van der Waals surface area contributed by atoms with Crippen molar-refractivity contribution in [1.82, 2.24) is 19.4 Å². The summed E-state index contributed by atoms with van der Waals surface area (Å²) in [6.45, 7) is 4.31. The zero-order valence-corrected chi connectivity index (χ0v) is 18.8. The average Bonchev–Trinajstić information content (AvgIpc) is 3.43. The van der Waals surface area contributed by atoms with Crippen molar-refractivity contribution in [3.8, 4) is 10.4 Å². The Morgan fingerprint density at radius 3 is 2.81 bits per heavy atom. The Labute approximate surface area is 187 Å². The molecule has 0 spiro atoms. The number of imidazole rings is 1. The SMILES string of the molecule is CCCN1CCN(C(=O)c2cn(C)cn2)CC(Cc2cccc(-c3cccs3)c2)C1=O. The Balaban J connectivity index is 1.57. The second-order valence-corrected chi connectivity index (χ2v) is 9.03. The Bertz CT molecular complexity index is 1040. The van der Waals surface area contributed by atoms with Gasteiger partial charge in [0.25, 0.3) is 5.91 Å². The predicted molar refractivity (Wildman–Crippen MR) is 123 cm³/mol. The number of aromatic nitrogens is 2. The lowest BCUT2D eigenvalue weighted by molar-refractivity contribution is -0.134. The number of hydrogen-bond acceptors (Lipinski definition) is 4. The lowest BCUT2D eigenvalue weighted by Gasteiger charge is -2.23. The first-order valence-electron chi connectivity index (χ1n) is 10.7. The topological polar surface area (TPSA) is 58.4 Å². The van der Waals surface area contributed by atoms with Crippen molar-refractivity contribution in [2.45, 2.75) is 19.8 Å². The summed E-state index contributed by atoms with van der Waals surface area (Å²) in [5.41, 5.74) is 2.71. The van der Waals surface area contributed by atoms with Gasteiger partial charge in [-0.25, -0.2) is 4.98 Å². The lowest BCUT2D eigenvalue weighted by atomic mass is 9.96. The molecule has 1 aliphatic heterocycles. The van der Waals surface area contributed by atoms with Crippen molar-refractivity contribution in [3.63, 3.8) is 0 Å². The van der Waals surface area contributed by atoms with Gasteiger partial charge in [0.05, 0.1) is 12.2 Å². The summed E-state index contributed by atoms with van der Waals surface area (Å²) in [5, 5.41) is 2.07. The molecule has 1 fully saturated rings. The van der Waals surface area contributed by atoms with Crippen molar-refractivity contribution >= 4 is 23.2 Å². The molecule has 1 unspecified atom stereocenters. The van der Waals surface area contributed by atoms with Gasteiger partial charge in [-0.3, -0.25) is 9.59 Å². The van der Waals surface area contributed by atoms with E-state index in [2.05, 4.69) is 41.6 Å². The van der Waals surface area contributed by atoms with Crippen LogP contribution in [0.3, 0.4) is 0 Å². The maximum Gasteiger partial charge on any atom is 0.274 e. The van der Waals surface area contributed by atoms with E-state index in [0.717, 1.165) is 18.5 Å². The molecule has 3 heterocycles. The van der Waals surface area contributed by atoms with Gasteiger partial charge in [-0.15, -0.1) is 11.3 Å². The zero-order valence-electron chi connectivity index (χ0n) is 18.0. The van der Waals surface area contributed by atoms with Gasteiger partial charge in [-0.05, 0) is 35.4 Å². The fraction of sp³-hybridized carbons (Fsp3) is 0.375. The summed E-state index contributed by atoms with van der Waals surface area (Å²) in [4.78, 5) is 35.5. The number of thiophene rings is 1. The highest BCUT2D eigenvalue weighted by Gasteiger charge is 2.33. The third-order valence-corrected chi connectivity index (χ3v) is 6.58. The van der Waals surface area contributed by atoms with Crippen LogP contribution in [-0.4, -0.2) is 57.3 Å². The first-order chi connectivity index (χ1) is 15.0. The summed E-state index contributed by atoms with van der Waals surface area (Å²) in [7, 11) is 1.85. The van der Waals surface area contributed by atoms with Gasteiger partial charge in [0.2, 0.25) is 5.91 Å². The molecule has 162 valence electrons. The number of amides is 2. The maximum absolute atomic E-state index is 13.3. The molecule has 1 saturated heterocycles.